The summed E-state index contributed by atoms with van der Waals surface area (Å²) >= 11 is 0. The summed E-state index contributed by atoms with van der Waals surface area (Å²) in [6, 6.07) is 19.7. The fourth-order valence-corrected chi connectivity index (χ4v) is 5.55. The van der Waals surface area contributed by atoms with E-state index in [0.29, 0.717) is 28.6 Å². The normalized spacial score (nSPS) is 14.1. The van der Waals surface area contributed by atoms with Gasteiger partial charge in [-0.25, -0.2) is 8.42 Å². The third-order valence-corrected chi connectivity index (χ3v) is 7.32. The standard InChI is InChI=1S/C26H28N2O4S/c1-17(2)19-9-14-24-23(15-19)22-7-5-6-8-25(22)33(30,31)28(24)16-26(29)27-20-10-12-21(13-11-20)32-18(3)4/h5-15,17-18H,16H2,1-4H3,(H,27,29). The lowest BCUT2D eigenvalue weighted by molar-refractivity contribution is -0.114. The minimum Gasteiger partial charge on any atom is -0.491 e. The van der Waals surface area contributed by atoms with Crippen molar-refractivity contribution >= 4 is 27.3 Å². The molecule has 0 unspecified atom stereocenters. The Kier molecular flexibility index (Phi) is 6.17. The van der Waals surface area contributed by atoms with Crippen LogP contribution < -0.4 is 14.4 Å². The van der Waals surface area contributed by atoms with Crippen LogP contribution in [0.3, 0.4) is 0 Å². The molecule has 172 valence electrons. The Morgan fingerprint density at radius 3 is 2.30 bits per heavy atom. The summed E-state index contributed by atoms with van der Waals surface area (Å²) < 4.78 is 33.7. The van der Waals surface area contributed by atoms with E-state index in [1.807, 2.05) is 38.1 Å². The van der Waals surface area contributed by atoms with Crippen molar-refractivity contribution in [2.24, 2.45) is 0 Å². The number of carbonyl (C=O) groups is 1. The van der Waals surface area contributed by atoms with Gasteiger partial charge in [0.25, 0.3) is 10.0 Å². The number of nitrogens with one attached hydrogen (secondary N) is 1. The summed E-state index contributed by atoms with van der Waals surface area (Å²) in [7, 11) is -3.88. The molecule has 0 atom stereocenters. The van der Waals surface area contributed by atoms with Gasteiger partial charge in [-0.1, -0.05) is 38.1 Å². The molecule has 0 fully saturated rings. The van der Waals surface area contributed by atoms with Crippen molar-refractivity contribution in [2.75, 3.05) is 16.2 Å². The second-order valence-corrected chi connectivity index (χ2v) is 10.5. The van der Waals surface area contributed by atoms with Crippen LogP contribution in [-0.4, -0.2) is 27.0 Å². The van der Waals surface area contributed by atoms with Crippen LogP contribution in [0.2, 0.25) is 0 Å². The highest BCUT2D eigenvalue weighted by Crippen LogP contribution is 2.43. The molecule has 1 aliphatic heterocycles. The largest absolute Gasteiger partial charge is 0.491 e. The maximum absolute atomic E-state index is 13.5. The number of rotatable bonds is 6. The zero-order valence-electron chi connectivity index (χ0n) is 19.2. The average molecular weight is 465 g/mol. The van der Waals surface area contributed by atoms with Gasteiger partial charge >= 0.3 is 0 Å². The number of anilines is 2. The number of nitrogens with zero attached hydrogens (tertiary/aromatic N) is 1. The molecule has 1 N–H and O–H groups in total. The van der Waals surface area contributed by atoms with Crippen molar-refractivity contribution in [3.05, 3.63) is 72.3 Å². The third kappa shape index (κ3) is 4.59. The summed E-state index contributed by atoms with van der Waals surface area (Å²) in [6.07, 6.45) is 0.0499. The molecule has 1 aliphatic rings. The van der Waals surface area contributed by atoms with E-state index in [4.69, 9.17) is 4.74 Å². The number of hydrogen-bond acceptors (Lipinski definition) is 4. The van der Waals surface area contributed by atoms with Gasteiger partial charge in [0.1, 0.15) is 12.3 Å². The molecule has 0 saturated carbocycles. The van der Waals surface area contributed by atoms with Crippen LogP contribution in [0.1, 0.15) is 39.2 Å². The fraction of sp³-hybridized carbons (Fsp3) is 0.269. The molecule has 0 bridgehead atoms. The Balaban J connectivity index is 1.64. The van der Waals surface area contributed by atoms with Crippen LogP contribution in [0.15, 0.2) is 71.6 Å². The summed E-state index contributed by atoms with van der Waals surface area (Å²) in [5.41, 5.74) is 3.66. The Bertz CT molecular complexity index is 1280. The first-order valence-electron chi connectivity index (χ1n) is 11.0. The number of carbonyl (C=O) groups excluding carboxylic acids is 1. The molecule has 0 radical (unpaired) electrons. The number of amides is 1. The van der Waals surface area contributed by atoms with E-state index in [-0.39, 0.29) is 17.5 Å². The predicted octanol–water partition coefficient (Wildman–Crippen LogP) is 5.41. The van der Waals surface area contributed by atoms with Gasteiger partial charge in [-0.05, 0) is 67.8 Å². The number of fused-ring (bicyclic) bond motifs is 3. The highest BCUT2D eigenvalue weighted by atomic mass is 32.2. The maximum Gasteiger partial charge on any atom is 0.265 e. The van der Waals surface area contributed by atoms with Crippen LogP contribution in [-0.2, 0) is 14.8 Å². The number of hydrogen-bond donors (Lipinski definition) is 1. The number of sulfonamides is 1. The lowest BCUT2D eigenvalue weighted by atomic mass is 9.95. The topological polar surface area (TPSA) is 75.7 Å². The van der Waals surface area contributed by atoms with Crippen molar-refractivity contribution in [1.82, 2.24) is 0 Å². The average Bonchev–Trinajstić information content (AvgIpc) is 2.77. The van der Waals surface area contributed by atoms with E-state index in [9.17, 15) is 13.2 Å². The molecule has 0 aliphatic carbocycles. The zero-order chi connectivity index (χ0) is 23.8. The molecule has 33 heavy (non-hydrogen) atoms. The van der Waals surface area contributed by atoms with Crippen molar-refractivity contribution in [1.29, 1.82) is 0 Å². The molecule has 1 heterocycles. The fourth-order valence-electron chi connectivity index (χ4n) is 3.90. The van der Waals surface area contributed by atoms with Crippen molar-refractivity contribution < 1.29 is 17.9 Å². The number of ether oxygens (including phenoxy) is 1. The van der Waals surface area contributed by atoms with Crippen LogP contribution in [0.25, 0.3) is 11.1 Å². The minimum atomic E-state index is -3.88. The summed E-state index contributed by atoms with van der Waals surface area (Å²) in [5, 5.41) is 2.79. The molecule has 0 aromatic heterocycles. The molecule has 7 heteroatoms. The van der Waals surface area contributed by atoms with E-state index < -0.39 is 15.9 Å². The molecule has 1 amide bonds. The molecule has 6 nitrogen and oxygen atoms in total. The quantitative estimate of drug-likeness (QED) is 0.529. The zero-order valence-corrected chi connectivity index (χ0v) is 20.0. The Morgan fingerprint density at radius 2 is 1.64 bits per heavy atom. The van der Waals surface area contributed by atoms with Crippen LogP contribution in [0, 0.1) is 0 Å². The molecule has 0 spiro atoms. The molecule has 3 aromatic carbocycles. The summed E-state index contributed by atoms with van der Waals surface area (Å²) in [4.78, 5) is 13.1. The summed E-state index contributed by atoms with van der Waals surface area (Å²) in [5.74, 6) is 0.572. The molecular formula is C26H28N2O4S. The van der Waals surface area contributed by atoms with Gasteiger partial charge in [-0.3, -0.25) is 9.10 Å². The van der Waals surface area contributed by atoms with Gasteiger partial charge in [-0.2, -0.15) is 0 Å². The second-order valence-electron chi connectivity index (χ2n) is 8.68. The molecule has 3 aromatic rings. The van der Waals surface area contributed by atoms with Crippen molar-refractivity contribution in [2.45, 2.75) is 44.6 Å². The first-order valence-corrected chi connectivity index (χ1v) is 12.4. The highest BCUT2D eigenvalue weighted by Gasteiger charge is 2.36. The third-order valence-electron chi connectivity index (χ3n) is 5.50. The van der Waals surface area contributed by atoms with Gasteiger partial charge in [0, 0.05) is 16.8 Å². The van der Waals surface area contributed by atoms with Gasteiger partial charge in [0.15, 0.2) is 0 Å². The van der Waals surface area contributed by atoms with Crippen LogP contribution in [0.4, 0.5) is 11.4 Å². The Hall–Kier alpha value is -3.32. The van der Waals surface area contributed by atoms with E-state index in [0.717, 1.165) is 11.1 Å². The van der Waals surface area contributed by atoms with E-state index >= 15 is 0 Å². The Morgan fingerprint density at radius 1 is 0.939 bits per heavy atom. The highest BCUT2D eigenvalue weighted by molar-refractivity contribution is 7.93. The first kappa shape index (κ1) is 22.9. The lowest BCUT2D eigenvalue weighted by Gasteiger charge is -2.32. The molecular weight excluding hydrogens is 436 g/mol. The maximum atomic E-state index is 13.5. The van der Waals surface area contributed by atoms with E-state index in [1.54, 1.807) is 42.5 Å². The molecule has 0 saturated heterocycles. The van der Waals surface area contributed by atoms with Crippen LogP contribution >= 0.6 is 0 Å². The van der Waals surface area contributed by atoms with Crippen molar-refractivity contribution in [3.8, 4) is 16.9 Å². The van der Waals surface area contributed by atoms with Gasteiger partial charge in [-0.15, -0.1) is 0 Å². The van der Waals surface area contributed by atoms with Gasteiger partial charge in [0.2, 0.25) is 5.91 Å². The van der Waals surface area contributed by atoms with Crippen LogP contribution in [0.5, 0.6) is 5.75 Å². The monoisotopic (exact) mass is 464 g/mol. The second kappa shape index (κ2) is 8.90. The SMILES string of the molecule is CC(C)Oc1ccc(NC(=O)CN2c3ccc(C(C)C)cc3-c3ccccc3S2(=O)=O)cc1. The summed E-state index contributed by atoms with van der Waals surface area (Å²) in [6.45, 7) is 7.74. The predicted molar refractivity (Wildman–Crippen MR) is 131 cm³/mol. The lowest BCUT2D eigenvalue weighted by Crippen LogP contribution is -2.40. The van der Waals surface area contributed by atoms with Gasteiger partial charge < -0.3 is 10.1 Å². The smallest absolute Gasteiger partial charge is 0.265 e. The molecule has 4 rings (SSSR count). The first-order chi connectivity index (χ1) is 15.7. The minimum absolute atomic E-state index is 0.0499. The van der Waals surface area contributed by atoms with Crippen molar-refractivity contribution in [3.63, 3.8) is 0 Å². The number of benzene rings is 3. The van der Waals surface area contributed by atoms with E-state index in [1.165, 1.54) is 4.31 Å². The van der Waals surface area contributed by atoms with Gasteiger partial charge in [0.05, 0.1) is 16.7 Å². The Labute approximate surface area is 195 Å². The van der Waals surface area contributed by atoms with E-state index in [2.05, 4.69) is 19.2 Å².